The molecule has 0 radical (unpaired) electrons. The van der Waals surface area contributed by atoms with Gasteiger partial charge in [0.05, 0.1) is 31.8 Å². The normalized spacial score (nSPS) is 17.3. The lowest BCUT2D eigenvalue weighted by atomic mass is 9.85. The Morgan fingerprint density at radius 2 is 1.88 bits per heavy atom. The van der Waals surface area contributed by atoms with Gasteiger partial charge in [-0.1, -0.05) is 35.9 Å². The summed E-state index contributed by atoms with van der Waals surface area (Å²) >= 11 is 12.3. The number of carbonyl (C=O) groups excluding carboxylic acids is 1. The Hall–Kier alpha value is -1.35. The Bertz CT molecular complexity index is 923. The van der Waals surface area contributed by atoms with E-state index in [4.69, 9.17) is 32.7 Å². The minimum Gasteiger partial charge on any atom is -0.486 e. The van der Waals surface area contributed by atoms with E-state index >= 15 is 4.39 Å². The molecular weight excluding hydrogens is 502 g/mol. The van der Waals surface area contributed by atoms with Crippen molar-refractivity contribution < 1.29 is 22.9 Å². The van der Waals surface area contributed by atoms with Crippen molar-refractivity contribution in [2.45, 2.75) is 70.8 Å². The quantitative estimate of drug-likeness (QED) is 0.321. The number of benzene rings is 1. The number of nitrogens with zero attached hydrogens (tertiary/aromatic N) is 1. The average Bonchev–Trinajstić information content (AvgIpc) is 2.73. The number of halogens is 3. The molecule has 1 aliphatic rings. The molecule has 1 aliphatic heterocycles. The number of nitrogens with one attached hydrogen (secondary N) is 1. The van der Waals surface area contributed by atoms with Gasteiger partial charge in [0.15, 0.2) is 11.6 Å². The van der Waals surface area contributed by atoms with Crippen LogP contribution < -0.4 is 9.46 Å². The van der Waals surface area contributed by atoms with E-state index < -0.39 is 33.2 Å². The Balaban J connectivity index is 2.40. The molecule has 1 aromatic rings. The van der Waals surface area contributed by atoms with E-state index in [2.05, 4.69) is 11.3 Å². The molecule has 0 aromatic heterocycles. The van der Waals surface area contributed by atoms with E-state index in [1.807, 2.05) is 41.5 Å². The van der Waals surface area contributed by atoms with Gasteiger partial charge in [0, 0.05) is 18.7 Å². The molecule has 6 nitrogen and oxygen atoms in total. The highest BCUT2D eigenvalue weighted by atomic mass is 35.5. The van der Waals surface area contributed by atoms with Crippen LogP contribution in [0, 0.1) is 11.7 Å². The van der Waals surface area contributed by atoms with Crippen molar-refractivity contribution in [3.8, 4) is 5.75 Å². The minimum atomic E-state index is -1.46. The summed E-state index contributed by atoms with van der Waals surface area (Å²) in [5, 5.41) is -0.195. The topological polar surface area (TPSA) is 67.9 Å². The standard InChI is InChI=1S/C24H35Cl2FN2O4S/c1-8-13-32-21-16(14-17(25)18(26)19(21)27)20(28-34(31)24(5,6)7)15-9-11-29(12-10-15)22(30)33-23(2,3)4/h8,14-15,20,28H,1,9-13H2,2-7H3. The van der Waals surface area contributed by atoms with Crippen molar-refractivity contribution in [3.63, 3.8) is 0 Å². The van der Waals surface area contributed by atoms with Crippen molar-refractivity contribution in [1.29, 1.82) is 0 Å². The Morgan fingerprint density at radius 1 is 1.29 bits per heavy atom. The zero-order chi connectivity index (χ0) is 25.8. The molecule has 34 heavy (non-hydrogen) atoms. The Labute approximate surface area is 214 Å². The second-order valence-corrected chi connectivity index (χ2v) is 13.1. The van der Waals surface area contributed by atoms with Gasteiger partial charge in [-0.2, -0.15) is 0 Å². The van der Waals surface area contributed by atoms with Crippen molar-refractivity contribution in [2.75, 3.05) is 19.7 Å². The van der Waals surface area contributed by atoms with Gasteiger partial charge < -0.3 is 14.4 Å². The molecule has 0 spiro atoms. The third-order valence-electron chi connectivity index (χ3n) is 5.28. The van der Waals surface area contributed by atoms with Gasteiger partial charge in [-0.05, 0) is 66.4 Å². The van der Waals surface area contributed by atoms with Crippen LogP contribution in [0.25, 0.3) is 0 Å². The first-order valence-electron chi connectivity index (χ1n) is 11.2. The largest absolute Gasteiger partial charge is 0.486 e. The van der Waals surface area contributed by atoms with Crippen molar-refractivity contribution in [1.82, 2.24) is 9.62 Å². The zero-order valence-electron chi connectivity index (χ0n) is 20.7. The number of hydrogen-bond acceptors (Lipinski definition) is 4. The molecule has 2 atom stereocenters. The lowest BCUT2D eigenvalue weighted by Crippen LogP contribution is -2.45. The van der Waals surface area contributed by atoms with E-state index in [-0.39, 0.29) is 34.4 Å². The van der Waals surface area contributed by atoms with Gasteiger partial charge in [0.25, 0.3) is 0 Å². The molecule has 10 heteroatoms. The van der Waals surface area contributed by atoms with Crippen LogP contribution in [0.3, 0.4) is 0 Å². The smallest absolute Gasteiger partial charge is 0.410 e. The molecule has 1 saturated heterocycles. The van der Waals surface area contributed by atoms with Crippen LogP contribution in [0.4, 0.5) is 9.18 Å². The first-order chi connectivity index (χ1) is 15.7. The van der Waals surface area contributed by atoms with Gasteiger partial charge in [0.1, 0.15) is 12.2 Å². The van der Waals surface area contributed by atoms with E-state index in [1.165, 1.54) is 6.08 Å². The van der Waals surface area contributed by atoms with Gasteiger partial charge in [-0.15, -0.1) is 0 Å². The summed E-state index contributed by atoms with van der Waals surface area (Å²) in [6.07, 6.45) is 2.30. The fraction of sp³-hybridized carbons (Fsp3) is 0.625. The van der Waals surface area contributed by atoms with Crippen LogP contribution in [0.15, 0.2) is 18.7 Å². The van der Waals surface area contributed by atoms with Gasteiger partial charge in [-0.3, -0.25) is 0 Å². The van der Waals surface area contributed by atoms with Gasteiger partial charge in [-0.25, -0.2) is 18.1 Å². The highest BCUT2D eigenvalue weighted by Gasteiger charge is 2.36. The van der Waals surface area contributed by atoms with Gasteiger partial charge >= 0.3 is 6.09 Å². The summed E-state index contributed by atoms with van der Waals surface area (Å²) in [5.41, 5.74) is -0.154. The van der Waals surface area contributed by atoms with Crippen LogP contribution in [0.2, 0.25) is 10.0 Å². The maximum Gasteiger partial charge on any atom is 0.410 e. The minimum absolute atomic E-state index is 0.0413. The fourth-order valence-electron chi connectivity index (χ4n) is 3.56. The van der Waals surface area contributed by atoms with E-state index in [0.29, 0.717) is 31.5 Å². The molecule has 1 fully saturated rings. The molecule has 2 unspecified atom stereocenters. The summed E-state index contributed by atoms with van der Waals surface area (Å²) in [4.78, 5) is 14.2. The summed E-state index contributed by atoms with van der Waals surface area (Å²) in [5.74, 6) is -0.898. The molecule has 2 rings (SSSR count). The van der Waals surface area contributed by atoms with Crippen molar-refractivity contribution in [2.24, 2.45) is 5.92 Å². The number of amides is 1. The molecule has 1 amide bonds. The predicted octanol–water partition coefficient (Wildman–Crippen LogP) is 6.44. The van der Waals surface area contributed by atoms with E-state index in [0.717, 1.165) is 0 Å². The third-order valence-corrected chi connectivity index (χ3v) is 7.62. The van der Waals surface area contributed by atoms with Crippen LogP contribution >= 0.6 is 23.2 Å². The SMILES string of the molecule is C=CCOc1c(C(NS(=O)C(C)(C)C)C2CCN(C(=O)OC(C)(C)C)CC2)cc(Cl)c(Cl)c1F. The highest BCUT2D eigenvalue weighted by molar-refractivity contribution is 7.84. The molecule has 0 saturated carbocycles. The summed E-state index contributed by atoms with van der Waals surface area (Å²) in [7, 11) is -1.46. The maximum atomic E-state index is 15.1. The maximum absolute atomic E-state index is 15.1. The second kappa shape index (κ2) is 11.6. The fourth-order valence-corrected chi connectivity index (χ4v) is 4.81. The number of ether oxygens (including phenoxy) is 2. The van der Waals surface area contributed by atoms with Crippen LogP contribution in [-0.2, 0) is 15.7 Å². The highest BCUT2D eigenvalue weighted by Crippen LogP contribution is 2.42. The molecule has 1 N–H and O–H groups in total. The first kappa shape index (κ1) is 28.9. The summed E-state index contributed by atoms with van der Waals surface area (Å²) in [6, 6.07) is 1.01. The van der Waals surface area contributed by atoms with Crippen LogP contribution in [0.5, 0.6) is 5.75 Å². The first-order valence-corrected chi connectivity index (χ1v) is 13.1. The monoisotopic (exact) mass is 536 g/mol. The average molecular weight is 538 g/mol. The van der Waals surface area contributed by atoms with Gasteiger partial charge in [0.2, 0.25) is 0 Å². The number of carbonyl (C=O) groups is 1. The molecule has 192 valence electrons. The van der Waals surface area contributed by atoms with Crippen LogP contribution in [0.1, 0.15) is 66.0 Å². The molecular formula is C24H35Cl2FN2O4S. The molecule has 0 bridgehead atoms. The summed E-state index contributed by atoms with van der Waals surface area (Å²) in [6.45, 7) is 15.6. The predicted molar refractivity (Wildman–Crippen MR) is 136 cm³/mol. The lowest BCUT2D eigenvalue weighted by Gasteiger charge is -2.38. The number of likely N-dealkylation sites (tertiary alicyclic amines) is 1. The lowest BCUT2D eigenvalue weighted by molar-refractivity contribution is 0.0171. The Kier molecular flexibility index (Phi) is 9.85. The van der Waals surface area contributed by atoms with E-state index in [9.17, 15) is 9.00 Å². The molecule has 0 aliphatic carbocycles. The molecule has 1 heterocycles. The van der Waals surface area contributed by atoms with Crippen molar-refractivity contribution >= 4 is 40.3 Å². The second-order valence-electron chi connectivity index (χ2n) is 10.3. The van der Waals surface area contributed by atoms with Crippen LogP contribution in [-0.4, -0.2) is 45.2 Å². The zero-order valence-corrected chi connectivity index (χ0v) is 23.0. The van der Waals surface area contributed by atoms with E-state index in [1.54, 1.807) is 11.0 Å². The third kappa shape index (κ3) is 7.57. The number of hydrogen-bond donors (Lipinski definition) is 1. The van der Waals surface area contributed by atoms with Crippen molar-refractivity contribution in [3.05, 3.63) is 40.1 Å². The number of rotatable bonds is 7. The summed E-state index contributed by atoms with van der Waals surface area (Å²) < 4.78 is 42.0. The molecule has 1 aromatic carbocycles. The Morgan fingerprint density at radius 3 is 2.38 bits per heavy atom. The number of piperidine rings is 1.